The first-order valence-corrected chi connectivity index (χ1v) is 6.28. The first-order valence-electron chi connectivity index (χ1n) is 5.90. The van der Waals surface area contributed by atoms with Crippen molar-refractivity contribution in [2.75, 3.05) is 6.54 Å². The second kappa shape index (κ2) is 6.03. The minimum atomic E-state index is -0.342. The van der Waals surface area contributed by atoms with Crippen molar-refractivity contribution in [2.45, 2.75) is 19.4 Å². The summed E-state index contributed by atoms with van der Waals surface area (Å²) in [5.74, 6) is -0.342. The number of halogens is 2. The van der Waals surface area contributed by atoms with E-state index in [0.717, 1.165) is 12.1 Å². The van der Waals surface area contributed by atoms with Crippen LogP contribution in [0.25, 0.3) is 0 Å². The summed E-state index contributed by atoms with van der Waals surface area (Å²) in [5.41, 5.74) is 1.62. The van der Waals surface area contributed by atoms with E-state index in [1.807, 2.05) is 13.0 Å². The van der Waals surface area contributed by atoms with Crippen molar-refractivity contribution in [1.82, 2.24) is 5.32 Å². The van der Waals surface area contributed by atoms with Gasteiger partial charge in [-0.25, -0.2) is 4.39 Å². The van der Waals surface area contributed by atoms with Gasteiger partial charge in [-0.15, -0.1) is 0 Å². The number of nitrogens with one attached hydrogen (secondary N) is 1. The molecule has 1 atom stereocenters. The Morgan fingerprint density at radius 1 is 1.39 bits per heavy atom. The molecule has 0 saturated heterocycles. The number of benzene rings is 1. The molecule has 0 spiro atoms. The summed E-state index contributed by atoms with van der Waals surface area (Å²) in [7, 11) is 0. The van der Waals surface area contributed by atoms with Gasteiger partial charge in [-0.3, -0.25) is 0 Å². The molecule has 2 nitrogen and oxygen atoms in total. The van der Waals surface area contributed by atoms with Gasteiger partial charge in [0.25, 0.3) is 0 Å². The Balaban J connectivity index is 2.21. The van der Waals surface area contributed by atoms with E-state index in [0.29, 0.717) is 12.0 Å². The van der Waals surface area contributed by atoms with Crippen LogP contribution in [0.4, 0.5) is 4.39 Å². The van der Waals surface area contributed by atoms with E-state index in [1.165, 1.54) is 0 Å². The highest BCUT2D eigenvalue weighted by Gasteiger charge is 2.15. The molecule has 1 heterocycles. The minimum absolute atomic E-state index is 0.0294. The molecule has 1 aromatic heterocycles. The molecule has 18 heavy (non-hydrogen) atoms. The number of hydrogen-bond donors (Lipinski definition) is 1. The third kappa shape index (κ3) is 2.92. The van der Waals surface area contributed by atoms with E-state index >= 15 is 0 Å². The molecular formula is C14H15ClFNO. The summed E-state index contributed by atoms with van der Waals surface area (Å²) in [6.07, 6.45) is 3.84. The lowest BCUT2D eigenvalue weighted by Gasteiger charge is -2.17. The molecule has 2 aromatic rings. The average molecular weight is 268 g/mol. The van der Waals surface area contributed by atoms with Crippen molar-refractivity contribution >= 4 is 11.6 Å². The third-order valence-electron chi connectivity index (χ3n) is 2.85. The Morgan fingerprint density at radius 2 is 2.22 bits per heavy atom. The highest BCUT2D eigenvalue weighted by atomic mass is 35.5. The van der Waals surface area contributed by atoms with Gasteiger partial charge in [0.05, 0.1) is 17.5 Å². The van der Waals surface area contributed by atoms with Crippen LogP contribution in [-0.4, -0.2) is 6.54 Å². The normalized spacial score (nSPS) is 12.6. The van der Waals surface area contributed by atoms with E-state index in [9.17, 15) is 4.39 Å². The van der Waals surface area contributed by atoms with Crippen molar-refractivity contribution in [2.24, 2.45) is 0 Å². The standard InChI is InChI=1S/C14H15ClFNO/c1-2-17-13(11-6-7-18-9-11)8-10-4-3-5-12(15)14(10)16/h3-7,9,13,17H,2,8H2,1H3. The summed E-state index contributed by atoms with van der Waals surface area (Å²) < 4.78 is 18.9. The van der Waals surface area contributed by atoms with Crippen molar-refractivity contribution in [3.63, 3.8) is 0 Å². The first kappa shape index (κ1) is 13.1. The van der Waals surface area contributed by atoms with E-state index in [4.69, 9.17) is 16.0 Å². The highest BCUT2D eigenvalue weighted by molar-refractivity contribution is 6.30. The predicted molar refractivity (Wildman–Crippen MR) is 70.2 cm³/mol. The molecular weight excluding hydrogens is 253 g/mol. The zero-order valence-electron chi connectivity index (χ0n) is 10.1. The minimum Gasteiger partial charge on any atom is -0.472 e. The van der Waals surface area contributed by atoms with Gasteiger partial charge in [-0.2, -0.15) is 0 Å². The van der Waals surface area contributed by atoms with Gasteiger partial charge in [0.2, 0.25) is 0 Å². The Bertz CT molecular complexity index is 499. The quantitative estimate of drug-likeness (QED) is 0.887. The summed E-state index contributed by atoms with van der Waals surface area (Å²) in [4.78, 5) is 0. The second-order valence-electron chi connectivity index (χ2n) is 4.08. The largest absolute Gasteiger partial charge is 0.472 e. The fourth-order valence-electron chi connectivity index (χ4n) is 1.95. The zero-order chi connectivity index (χ0) is 13.0. The van der Waals surface area contributed by atoms with Gasteiger partial charge in [0.1, 0.15) is 5.82 Å². The maximum atomic E-state index is 13.9. The lowest BCUT2D eigenvalue weighted by molar-refractivity contribution is 0.512. The van der Waals surface area contributed by atoms with E-state index in [1.54, 1.807) is 30.7 Å². The number of furan rings is 1. The van der Waals surface area contributed by atoms with Crippen LogP contribution in [0.5, 0.6) is 0 Å². The predicted octanol–water partition coefficient (Wildman–Crippen LogP) is 3.97. The van der Waals surface area contributed by atoms with E-state index in [-0.39, 0.29) is 16.9 Å². The molecule has 1 N–H and O–H groups in total. The van der Waals surface area contributed by atoms with E-state index in [2.05, 4.69) is 5.32 Å². The second-order valence-corrected chi connectivity index (χ2v) is 4.49. The Hall–Kier alpha value is -1.32. The van der Waals surface area contributed by atoms with Gasteiger partial charge in [-0.1, -0.05) is 30.7 Å². The van der Waals surface area contributed by atoms with Crippen LogP contribution >= 0.6 is 11.6 Å². The molecule has 0 fully saturated rings. The van der Waals surface area contributed by atoms with Crippen molar-refractivity contribution in [3.8, 4) is 0 Å². The highest BCUT2D eigenvalue weighted by Crippen LogP contribution is 2.24. The van der Waals surface area contributed by atoms with Crippen molar-refractivity contribution in [3.05, 3.63) is 58.8 Å². The Kier molecular flexibility index (Phi) is 4.39. The molecule has 0 amide bonds. The van der Waals surface area contributed by atoms with Crippen LogP contribution in [0.2, 0.25) is 5.02 Å². The van der Waals surface area contributed by atoms with Crippen molar-refractivity contribution in [1.29, 1.82) is 0 Å². The van der Waals surface area contributed by atoms with Crippen LogP contribution < -0.4 is 5.32 Å². The zero-order valence-corrected chi connectivity index (χ0v) is 10.9. The van der Waals surface area contributed by atoms with Crippen LogP contribution in [0.1, 0.15) is 24.1 Å². The summed E-state index contributed by atoms with van der Waals surface area (Å²) in [5, 5.41) is 3.47. The molecule has 2 rings (SSSR count). The monoisotopic (exact) mass is 267 g/mol. The van der Waals surface area contributed by atoms with Crippen LogP contribution in [0.15, 0.2) is 41.2 Å². The molecule has 0 aliphatic carbocycles. The maximum absolute atomic E-state index is 13.9. The van der Waals surface area contributed by atoms with Gasteiger partial charge in [-0.05, 0) is 30.7 Å². The average Bonchev–Trinajstić information content (AvgIpc) is 2.88. The van der Waals surface area contributed by atoms with Gasteiger partial charge >= 0.3 is 0 Å². The molecule has 0 saturated carbocycles. The maximum Gasteiger partial charge on any atom is 0.145 e. The van der Waals surface area contributed by atoms with Crippen LogP contribution in [0, 0.1) is 5.82 Å². The number of hydrogen-bond acceptors (Lipinski definition) is 2. The van der Waals surface area contributed by atoms with Gasteiger partial charge < -0.3 is 9.73 Å². The SMILES string of the molecule is CCNC(Cc1cccc(Cl)c1F)c1ccoc1. The molecule has 1 aromatic carbocycles. The van der Waals surface area contributed by atoms with E-state index < -0.39 is 0 Å². The Morgan fingerprint density at radius 3 is 2.89 bits per heavy atom. The third-order valence-corrected chi connectivity index (χ3v) is 3.14. The molecule has 0 aliphatic rings. The molecule has 0 aliphatic heterocycles. The first-order chi connectivity index (χ1) is 8.72. The summed E-state index contributed by atoms with van der Waals surface area (Å²) >= 11 is 5.79. The van der Waals surface area contributed by atoms with Gasteiger partial charge in [0, 0.05) is 11.6 Å². The van der Waals surface area contributed by atoms with Gasteiger partial charge in [0.15, 0.2) is 0 Å². The smallest absolute Gasteiger partial charge is 0.145 e. The number of rotatable bonds is 5. The topological polar surface area (TPSA) is 25.2 Å². The van der Waals surface area contributed by atoms with Crippen LogP contribution in [-0.2, 0) is 6.42 Å². The Labute approximate surface area is 111 Å². The summed E-state index contributed by atoms with van der Waals surface area (Å²) in [6.45, 7) is 2.82. The molecule has 96 valence electrons. The van der Waals surface area contributed by atoms with Crippen LogP contribution in [0.3, 0.4) is 0 Å². The fraction of sp³-hybridized carbons (Fsp3) is 0.286. The number of likely N-dealkylation sites (N-methyl/N-ethyl adjacent to an activating group) is 1. The molecule has 4 heteroatoms. The van der Waals surface area contributed by atoms with Crippen molar-refractivity contribution < 1.29 is 8.81 Å². The molecule has 0 radical (unpaired) electrons. The molecule has 1 unspecified atom stereocenters. The lowest BCUT2D eigenvalue weighted by Crippen LogP contribution is -2.22. The lowest BCUT2D eigenvalue weighted by atomic mass is 10.0. The summed E-state index contributed by atoms with van der Waals surface area (Å²) in [6, 6.07) is 6.99. The fourth-order valence-corrected chi connectivity index (χ4v) is 2.15. The molecule has 0 bridgehead atoms.